The summed E-state index contributed by atoms with van der Waals surface area (Å²) in [6.07, 6.45) is 7.36. The van der Waals surface area contributed by atoms with Crippen LogP contribution in [0.5, 0.6) is 0 Å². The molecule has 32 heavy (non-hydrogen) atoms. The molecule has 2 aliphatic heterocycles. The molecule has 0 aromatic heterocycles. The molecule has 2 N–H and O–H groups in total. The summed E-state index contributed by atoms with van der Waals surface area (Å²) in [5.41, 5.74) is 2.25. The van der Waals surface area contributed by atoms with Gasteiger partial charge in [0.1, 0.15) is 6.54 Å². The summed E-state index contributed by atoms with van der Waals surface area (Å²) in [6, 6.07) is 8.31. The number of hydrogen-bond donors (Lipinski definition) is 2. The quantitative estimate of drug-likeness (QED) is 0.334. The fourth-order valence-electron chi connectivity index (χ4n) is 5.05. The second-order valence-corrected chi connectivity index (χ2v) is 8.87. The molecule has 1 aromatic carbocycles. The van der Waals surface area contributed by atoms with Gasteiger partial charge in [0.25, 0.3) is 0 Å². The first-order valence-electron chi connectivity index (χ1n) is 11.9. The van der Waals surface area contributed by atoms with Gasteiger partial charge in [0, 0.05) is 43.8 Å². The number of aryl methyl sites for hydroxylation is 1. The zero-order valence-corrected chi connectivity index (χ0v) is 21.3. The number of carbonyl (C=O) groups excluding carboxylic acids is 2. The van der Waals surface area contributed by atoms with Gasteiger partial charge in [-0.1, -0.05) is 31.0 Å². The molecule has 2 fully saturated rings. The van der Waals surface area contributed by atoms with Crippen molar-refractivity contribution in [2.75, 3.05) is 37.6 Å². The molecule has 176 valence electrons. The molecular formula is C24H36IN5O2. The molecule has 0 bridgehead atoms. The van der Waals surface area contributed by atoms with Gasteiger partial charge in [0.15, 0.2) is 5.96 Å². The van der Waals surface area contributed by atoms with Crippen LogP contribution in [-0.4, -0.2) is 61.4 Å². The first-order chi connectivity index (χ1) is 15.2. The summed E-state index contributed by atoms with van der Waals surface area (Å²) in [5, 5.41) is 6.69. The van der Waals surface area contributed by atoms with Crippen molar-refractivity contribution >= 4 is 47.4 Å². The van der Waals surface area contributed by atoms with E-state index in [4.69, 9.17) is 0 Å². The van der Waals surface area contributed by atoms with Crippen molar-refractivity contribution in [3.05, 3.63) is 29.8 Å². The van der Waals surface area contributed by atoms with Crippen molar-refractivity contribution in [1.82, 2.24) is 15.5 Å². The average Bonchev–Trinajstić information content (AvgIpc) is 3.49. The smallest absolute Gasteiger partial charge is 0.248 e. The van der Waals surface area contributed by atoms with Gasteiger partial charge in [-0.15, -0.1) is 24.0 Å². The van der Waals surface area contributed by atoms with E-state index in [1.54, 1.807) is 0 Å². The number of rotatable bonds is 5. The molecule has 2 heterocycles. The fourth-order valence-corrected chi connectivity index (χ4v) is 5.05. The minimum Gasteiger partial charge on any atom is -0.357 e. The maximum Gasteiger partial charge on any atom is 0.248 e. The Hall–Kier alpha value is -1.84. The van der Waals surface area contributed by atoms with E-state index in [9.17, 15) is 9.59 Å². The van der Waals surface area contributed by atoms with Crippen LogP contribution < -0.4 is 15.5 Å². The van der Waals surface area contributed by atoms with Gasteiger partial charge in [-0.05, 0) is 50.7 Å². The summed E-state index contributed by atoms with van der Waals surface area (Å²) in [6.45, 7) is 5.12. The van der Waals surface area contributed by atoms with Crippen LogP contribution in [0.3, 0.4) is 0 Å². The van der Waals surface area contributed by atoms with Gasteiger partial charge < -0.3 is 20.4 Å². The number of carbonyl (C=O) groups is 2. The lowest BCUT2D eigenvalue weighted by molar-refractivity contribution is -0.134. The minimum absolute atomic E-state index is 0. The molecule has 4 rings (SSSR count). The molecule has 1 saturated carbocycles. The molecule has 0 spiro atoms. The lowest BCUT2D eigenvalue weighted by Gasteiger charge is -2.29. The summed E-state index contributed by atoms with van der Waals surface area (Å²) in [4.78, 5) is 34.0. The molecule has 8 heteroatoms. The van der Waals surface area contributed by atoms with Crippen molar-refractivity contribution < 1.29 is 9.59 Å². The standard InChI is InChI=1S/C24H35N5O2.HI/c1-2-25-24(27-20-13-15-28(17-20)23(31)19-9-3-4-10-19)26-16-22(30)29-14-7-11-18-8-5-6-12-21(18)29;/h5-6,8,12,19-20H,2-4,7,9-11,13-17H2,1H3,(H2,25,26,27);1H. The van der Waals surface area contributed by atoms with E-state index in [-0.39, 0.29) is 48.4 Å². The first kappa shape index (κ1) is 24.8. The number of hydrogen-bond acceptors (Lipinski definition) is 3. The number of nitrogens with zero attached hydrogens (tertiary/aromatic N) is 3. The van der Waals surface area contributed by atoms with Gasteiger partial charge in [-0.2, -0.15) is 0 Å². The van der Waals surface area contributed by atoms with E-state index in [0.717, 1.165) is 57.4 Å². The maximum atomic E-state index is 12.9. The van der Waals surface area contributed by atoms with Crippen LogP contribution in [0.25, 0.3) is 0 Å². The van der Waals surface area contributed by atoms with Crippen molar-refractivity contribution in [1.29, 1.82) is 0 Å². The van der Waals surface area contributed by atoms with E-state index >= 15 is 0 Å². The Balaban J connectivity index is 0.00000289. The summed E-state index contributed by atoms with van der Waals surface area (Å²) in [5.74, 6) is 1.23. The molecule has 1 unspecified atom stereocenters. The molecule has 1 aliphatic carbocycles. The number of likely N-dealkylation sites (tertiary alicyclic amines) is 1. The lowest BCUT2D eigenvalue weighted by Crippen LogP contribution is -2.46. The zero-order valence-electron chi connectivity index (χ0n) is 19.0. The van der Waals surface area contributed by atoms with Gasteiger partial charge in [-0.3, -0.25) is 9.59 Å². The van der Waals surface area contributed by atoms with E-state index in [1.165, 1.54) is 18.4 Å². The molecule has 0 radical (unpaired) electrons. The molecule has 3 aliphatic rings. The van der Waals surface area contributed by atoms with Crippen molar-refractivity contribution in [2.45, 2.75) is 57.9 Å². The van der Waals surface area contributed by atoms with E-state index in [2.05, 4.69) is 21.7 Å². The van der Waals surface area contributed by atoms with E-state index < -0.39 is 0 Å². The topological polar surface area (TPSA) is 77.0 Å². The summed E-state index contributed by atoms with van der Waals surface area (Å²) >= 11 is 0. The Bertz CT molecular complexity index is 824. The second-order valence-electron chi connectivity index (χ2n) is 8.87. The second kappa shape index (κ2) is 11.9. The third-order valence-electron chi connectivity index (χ3n) is 6.67. The number of halogens is 1. The van der Waals surface area contributed by atoms with Crippen LogP contribution in [0.15, 0.2) is 29.3 Å². The van der Waals surface area contributed by atoms with Crippen LogP contribution in [0.4, 0.5) is 5.69 Å². The molecule has 1 saturated heterocycles. The van der Waals surface area contributed by atoms with Crippen molar-refractivity contribution in [3.63, 3.8) is 0 Å². The molecule has 1 atom stereocenters. The number of fused-ring (bicyclic) bond motifs is 1. The lowest BCUT2D eigenvalue weighted by atomic mass is 10.0. The number of guanidine groups is 1. The predicted molar refractivity (Wildman–Crippen MR) is 139 cm³/mol. The van der Waals surface area contributed by atoms with Crippen LogP contribution >= 0.6 is 24.0 Å². The number of aliphatic imine (C=N–C) groups is 1. The van der Waals surface area contributed by atoms with Crippen LogP contribution in [0.1, 0.15) is 51.0 Å². The highest BCUT2D eigenvalue weighted by Gasteiger charge is 2.32. The highest BCUT2D eigenvalue weighted by molar-refractivity contribution is 14.0. The predicted octanol–water partition coefficient (Wildman–Crippen LogP) is 2.93. The Morgan fingerprint density at radius 2 is 1.88 bits per heavy atom. The van der Waals surface area contributed by atoms with Crippen LogP contribution in [-0.2, 0) is 16.0 Å². The highest BCUT2D eigenvalue weighted by Crippen LogP contribution is 2.28. The number of nitrogens with one attached hydrogen (secondary N) is 2. The number of benzene rings is 1. The SMILES string of the molecule is CCNC(=NCC(=O)N1CCCc2ccccc21)NC1CCN(C(=O)C2CCCC2)C1.I. The number of anilines is 1. The van der Waals surface area contributed by atoms with Gasteiger partial charge >= 0.3 is 0 Å². The van der Waals surface area contributed by atoms with Gasteiger partial charge in [-0.25, -0.2) is 4.99 Å². The Morgan fingerprint density at radius 3 is 2.66 bits per heavy atom. The largest absolute Gasteiger partial charge is 0.357 e. The zero-order chi connectivity index (χ0) is 21.6. The van der Waals surface area contributed by atoms with E-state index in [0.29, 0.717) is 18.4 Å². The Labute approximate surface area is 208 Å². The fraction of sp³-hybridized carbons (Fsp3) is 0.625. The van der Waals surface area contributed by atoms with Crippen LogP contribution in [0, 0.1) is 5.92 Å². The molecular weight excluding hydrogens is 517 g/mol. The number of amides is 2. The summed E-state index contributed by atoms with van der Waals surface area (Å²) < 4.78 is 0. The Kier molecular flexibility index (Phi) is 9.19. The summed E-state index contributed by atoms with van der Waals surface area (Å²) in [7, 11) is 0. The third-order valence-corrected chi connectivity index (χ3v) is 6.67. The molecule has 7 nitrogen and oxygen atoms in total. The average molecular weight is 553 g/mol. The highest BCUT2D eigenvalue weighted by atomic mass is 127. The van der Waals surface area contributed by atoms with Gasteiger partial charge in [0.2, 0.25) is 11.8 Å². The first-order valence-corrected chi connectivity index (χ1v) is 11.9. The van der Waals surface area contributed by atoms with Crippen molar-refractivity contribution in [3.8, 4) is 0 Å². The van der Waals surface area contributed by atoms with Crippen LogP contribution in [0.2, 0.25) is 0 Å². The maximum absolute atomic E-state index is 12.9. The van der Waals surface area contributed by atoms with Crippen molar-refractivity contribution in [2.24, 2.45) is 10.9 Å². The molecule has 1 aromatic rings. The minimum atomic E-state index is 0. The number of para-hydroxylation sites is 1. The third kappa shape index (κ3) is 5.94. The monoisotopic (exact) mass is 553 g/mol. The molecule has 2 amide bonds. The van der Waals surface area contributed by atoms with E-state index in [1.807, 2.05) is 34.9 Å². The van der Waals surface area contributed by atoms with Gasteiger partial charge in [0.05, 0.1) is 0 Å². The Morgan fingerprint density at radius 1 is 1.09 bits per heavy atom. The normalized spacial score (nSPS) is 21.2.